The van der Waals surface area contributed by atoms with Crippen molar-refractivity contribution in [1.29, 1.82) is 0 Å². The molecule has 1 atom stereocenters. The molecule has 0 aliphatic heterocycles. The summed E-state index contributed by atoms with van der Waals surface area (Å²) in [5, 5.41) is 3.20. The van der Waals surface area contributed by atoms with Crippen LogP contribution in [-0.2, 0) is 16.1 Å². The molecule has 1 fully saturated rings. The van der Waals surface area contributed by atoms with E-state index in [9.17, 15) is 9.59 Å². The summed E-state index contributed by atoms with van der Waals surface area (Å²) in [5.74, 6) is 0.397. The van der Waals surface area contributed by atoms with Crippen molar-refractivity contribution < 1.29 is 14.3 Å². The van der Waals surface area contributed by atoms with Crippen molar-refractivity contribution in [2.24, 2.45) is 0 Å². The Labute approximate surface area is 198 Å². The van der Waals surface area contributed by atoms with Crippen molar-refractivity contribution >= 4 is 34.4 Å². The van der Waals surface area contributed by atoms with Gasteiger partial charge in [-0.1, -0.05) is 56.5 Å². The lowest BCUT2D eigenvalue weighted by molar-refractivity contribution is -0.143. The molecule has 166 valence electrons. The molecule has 5 nitrogen and oxygen atoms in total. The topological polar surface area (TPSA) is 58.6 Å². The zero-order valence-electron chi connectivity index (χ0n) is 18.1. The van der Waals surface area contributed by atoms with Crippen molar-refractivity contribution in [2.75, 3.05) is 6.61 Å². The molecule has 0 bridgehead atoms. The first-order chi connectivity index (χ1) is 15.1. The van der Waals surface area contributed by atoms with Gasteiger partial charge in [-0.05, 0) is 71.7 Å². The second-order valence-electron chi connectivity index (χ2n) is 8.02. The average molecular weight is 534 g/mol. The number of carbonyl (C=O) groups excluding carboxylic acids is 2. The summed E-state index contributed by atoms with van der Waals surface area (Å²) < 4.78 is 6.84. The highest BCUT2D eigenvalue weighted by Gasteiger charge is 2.30. The summed E-state index contributed by atoms with van der Waals surface area (Å²) >= 11 is 2.23. The van der Waals surface area contributed by atoms with Gasteiger partial charge in [0.25, 0.3) is 5.91 Å². The van der Waals surface area contributed by atoms with Crippen LogP contribution in [0.1, 0.15) is 51.0 Å². The Bertz CT molecular complexity index is 836. The van der Waals surface area contributed by atoms with Gasteiger partial charge in [-0.3, -0.25) is 9.59 Å². The molecule has 0 aromatic heterocycles. The van der Waals surface area contributed by atoms with E-state index >= 15 is 0 Å². The molecule has 6 heteroatoms. The number of halogens is 1. The van der Waals surface area contributed by atoms with Crippen LogP contribution in [-0.4, -0.2) is 35.4 Å². The van der Waals surface area contributed by atoms with E-state index in [1.165, 1.54) is 6.42 Å². The van der Waals surface area contributed by atoms with E-state index in [1.54, 1.807) is 4.90 Å². The zero-order chi connectivity index (χ0) is 22.1. The lowest BCUT2D eigenvalue weighted by Crippen LogP contribution is -2.52. The van der Waals surface area contributed by atoms with E-state index in [1.807, 2.05) is 61.5 Å². The molecule has 0 heterocycles. The van der Waals surface area contributed by atoms with Crippen LogP contribution in [0.5, 0.6) is 5.75 Å². The third kappa shape index (κ3) is 7.23. The molecule has 0 saturated heterocycles. The maximum Gasteiger partial charge on any atom is 0.261 e. The van der Waals surface area contributed by atoms with Gasteiger partial charge in [0.1, 0.15) is 11.8 Å². The highest BCUT2D eigenvalue weighted by molar-refractivity contribution is 14.1. The summed E-state index contributed by atoms with van der Waals surface area (Å²) in [7, 11) is 0. The van der Waals surface area contributed by atoms with Gasteiger partial charge in [0, 0.05) is 16.2 Å². The quantitative estimate of drug-likeness (QED) is 0.465. The third-order valence-corrected chi connectivity index (χ3v) is 6.43. The molecule has 0 spiro atoms. The molecule has 1 aliphatic rings. The Hall–Kier alpha value is -2.09. The molecule has 2 aromatic rings. The highest BCUT2D eigenvalue weighted by atomic mass is 127. The van der Waals surface area contributed by atoms with Crippen LogP contribution in [0, 0.1) is 3.57 Å². The lowest BCUT2D eigenvalue weighted by Gasteiger charge is -2.32. The first-order valence-electron chi connectivity index (χ1n) is 11.1. The maximum atomic E-state index is 13.2. The number of nitrogens with one attached hydrogen (secondary N) is 1. The Morgan fingerprint density at radius 2 is 1.74 bits per heavy atom. The zero-order valence-corrected chi connectivity index (χ0v) is 20.2. The number of rotatable bonds is 9. The summed E-state index contributed by atoms with van der Waals surface area (Å²) in [6.45, 7) is 2.24. The third-order valence-electron chi connectivity index (χ3n) is 5.71. The van der Waals surface area contributed by atoms with Gasteiger partial charge in [-0.25, -0.2) is 0 Å². The van der Waals surface area contributed by atoms with E-state index in [0.717, 1.165) is 34.8 Å². The van der Waals surface area contributed by atoms with Crippen LogP contribution in [0.2, 0.25) is 0 Å². The molecule has 31 heavy (non-hydrogen) atoms. The largest absolute Gasteiger partial charge is 0.484 e. The number of benzene rings is 2. The van der Waals surface area contributed by atoms with Gasteiger partial charge in [0.2, 0.25) is 5.91 Å². The molecule has 2 aromatic carbocycles. The van der Waals surface area contributed by atoms with E-state index in [4.69, 9.17) is 4.74 Å². The molecule has 2 amide bonds. The summed E-state index contributed by atoms with van der Waals surface area (Å²) in [4.78, 5) is 28.0. The molecule has 0 radical (unpaired) electrons. The maximum absolute atomic E-state index is 13.2. The summed E-state index contributed by atoms with van der Waals surface area (Å²) in [5.41, 5.74) is 0.994. The second kappa shape index (κ2) is 12.1. The first-order valence-corrected chi connectivity index (χ1v) is 12.2. The normalized spacial score (nSPS) is 15.2. The molecule has 1 saturated carbocycles. The van der Waals surface area contributed by atoms with E-state index in [2.05, 4.69) is 27.9 Å². The number of carbonyl (C=O) groups is 2. The van der Waals surface area contributed by atoms with Gasteiger partial charge < -0.3 is 15.0 Å². The fourth-order valence-corrected chi connectivity index (χ4v) is 4.36. The number of ether oxygens (including phenoxy) is 1. The van der Waals surface area contributed by atoms with Crippen molar-refractivity contribution in [2.45, 2.75) is 64.1 Å². The number of nitrogens with zero attached hydrogens (tertiary/aromatic N) is 1. The van der Waals surface area contributed by atoms with Crippen LogP contribution >= 0.6 is 22.6 Å². The number of hydrogen-bond acceptors (Lipinski definition) is 3. The van der Waals surface area contributed by atoms with E-state index in [0.29, 0.717) is 18.7 Å². The molecular weight excluding hydrogens is 503 g/mol. The Kier molecular flexibility index (Phi) is 9.18. The van der Waals surface area contributed by atoms with Crippen LogP contribution in [0.25, 0.3) is 0 Å². The number of amides is 2. The van der Waals surface area contributed by atoms with Crippen LogP contribution in [0.4, 0.5) is 0 Å². The van der Waals surface area contributed by atoms with Crippen LogP contribution in [0.3, 0.4) is 0 Å². The molecule has 0 unspecified atom stereocenters. The predicted octanol–water partition coefficient (Wildman–Crippen LogP) is 4.93. The molecule has 1 N–H and O–H groups in total. The fraction of sp³-hybridized carbons (Fsp3) is 0.440. The van der Waals surface area contributed by atoms with Crippen molar-refractivity contribution in [3.8, 4) is 5.75 Å². The minimum absolute atomic E-state index is 0.0621. The van der Waals surface area contributed by atoms with E-state index in [-0.39, 0.29) is 24.5 Å². The minimum atomic E-state index is -0.519. The smallest absolute Gasteiger partial charge is 0.261 e. The van der Waals surface area contributed by atoms with Gasteiger partial charge in [0.05, 0.1) is 0 Å². The standard InChI is InChI=1S/C25H31IN2O3/c1-2-23(25(30)27-21-11-7-4-8-12-21)28(17-19-9-5-3-6-10-19)24(29)18-31-22-15-13-20(26)14-16-22/h3,5-6,9-10,13-16,21,23H,2,4,7-8,11-12,17-18H2,1H3,(H,27,30)/t23-/m0/s1. The van der Waals surface area contributed by atoms with Gasteiger partial charge in [-0.2, -0.15) is 0 Å². The van der Waals surface area contributed by atoms with Crippen LogP contribution < -0.4 is 10.1 Å². The van der Waals surface area contributed by atoms with Gasteiger partial charge in [-0.15, -0.1) is 0 Å². The van der Waals surface area contributed by atoms with E-state index < -0.39 is 6.04 Å². The highest BCUT2D eigenvalue weighted by Crippen LogP contribution is 2.19. The molecule has 1 aliphatic carbocycles. The fourth-order valence-electron chi connectivity index (χ4n) is 4.00. The average Bonchev–Trinajstić information content (AvgIpc) is 2.79. The predicted molar refractivity (Wildman–Crippen MR) is 131 cm³/mol. The van der Waals surface area contributed by atoms with Gasteiger partial charge >= 0.3 is 0 Å². The Morgan fingerprint density at radius 1 is 1.06 bits per heavy atom. The van der Waals surface area contributed by atoms with Crippen molar-refractivity contribution in [3.63, 3.8) is 0 Å². The lowest BCUT2D eigenvalue weighted by atomic mass is 9.95. The molecule has 3 rings (SSSR count). The van der Waals surface area contributed by atoms with Crippen molar-refractivity contribution in [3.05, 3.63) is 63.7 Å². The monoisotopic (exact) mass is 534 g/mol. The molecular formula is C25H31IN2O3. The number of hydrogen-bond donors (Lipinski definition) is 1. The van der Waals surface area contributed by atoms with Crippen LogP contribution in [0.15, 0.2) is 54.6 Å². The van der Waals surface area contributed by atoms with Crippen molar-refractivity contribution in [1.82, 2.24) is 10.2 Å². The first kappa shape index (κ1) is 23.6. The Balaban J connectivity index is 1.72. The summed E-state index contributed by atoms with van der Waals surface area (Å²) in [6, 6.07) is 17.1. The second-order valence-corrected chi connectivity index (χ2v) is 9.26. The SMILES string of the molecule is CC[C@@H](C(=O)NC1CCCCC1)N(Cc1ccccc1)C(=O)COc1ccc(I)cc1. The Morgan fingerprint density at radius 3 is 2.39 bits per heavy atom. The van der Waals surface area contributed by atoms with Gasteiger partial charge in [0.15, 0.2) is 6.61 Å². The minimum Gasteiger partial charge on any atom is -0.484 e. The summed E-state index contributed by atoms with van der Waals surface area (Å²) in [6.07, 6.45) is 6.13.